The Bertz CT molecular complexity index is 495. The smallest absolute Gasteiger partial charge is 0.0373 e. The van der Waals surface area contributed by atoms with Crippen LogP contribution in [0.5, 0.6) is 0 Å². The number of fused-ring (bicyclic) bond motifs is 1. The highest BCUT2D eigenvalue weighted by atomic mass is 35.5. The molecule has 0 unspecified atom stereocenters. The van der Waals surface area contributed by atoms with E-state index in [2.05, 4.69) is 39.5 Å². The first-order valence-electron chi connectivity index (χ1n) is 5.73. The Kier molecular flexibility index (Phi) is 3.82. The minimum Gasteiger partial charge on any atom is -1.00 e. The summed E-state index contributed by atoms with van der Waals surface area (Å²) in [5.41, 5.74) is 1.32. The Hall–Kier alpha value is -1.32. The van der Waals surface area contributed by atoms with Gasteiger partial charge in [0.05, 0.1) is 0 Å². The zero-order valence-electron chi connectivity index (χ0n) is 9.56. The quantitative estimate of drug-likeness (QED) is 0.677. The fraction of sp³-hybridized carbons (Fsp3) is 0.308. The van der Waals surface area contributed by atoms with Gasteiger partial charge in [-0.1, -0.05) is 6.07 Å². The number of hydrogen-bond acceptors (Lipinski definition) is 3. The van der Waals surface area contributed by atoms with E-state index in [-0.39, 0.29) is 12.4 Å². The number of halogens is 1. The SMILES string of the molecule is [Cl-].c1cc2cc(N3CCNCC3)ccc2cn1. The lowest BCUT2D eigenvalue weighted by Crippen LogP contribution is -3.00. The van der Waals surface area contributed by atoms with Crippen molar-refractivity contribution >= 4 is 16.5 Å². The van der Waals surface area contributed by atoms with Crippen LogP contribution in [-0.2, 0) is 0 Å². The van der Waals surface area contributed by atoms with Gasteiger partial charge in [0.1, 0.15) is 0 Å². The molecule has 2 heterocycles. The summed E-state index contributed by atoms with van der Waals surface area (Å²) >= 11 is 0. The van der Waals surface area contributed by atoms with Gasteiger partial charge in [0.2, 0.25) is 0 Å². The number of nitrogens with one attached hydrogen (secondary N) is 1. The first-order valence-corrected chi connectivity index (χ1v) is 5.73. The lowest BCUT2D eigenvalue weighted by molar-refractivity contribution is -0.00000321. The molecule has 90 valence electrons. The molecule has 4 heteroatoms. The summed E-state index contributed by atoms with van der Waals surface area (Å²) in [4.78, 5) is 6.56. The van der Waals surface area contributed by atoms with Gasteiger partial charge in [-0.3, -0.25) is 4.98 Å². The Morgan fingerprint density at radius 1 is 1.06 bits per heavy atom. The summed E-state index contributed by atoms with van der Waals surface area (Å²) in [6.45, 7) is 4.34. The van der Waals surface area contributed by atoms with E-state index in [0.717, 1.165) is 26.2 Å². The van der Waals surface area contributed by atoms with Gasteiger partial charge in [-0.2, -0.15) is 0 Å². The number of pyridine rings is 1. The highest BCUT2D eigenvalue weighted by Gasteiger charge is 2.10. The number of hydrogen-bond donors (Lipinski definition) is 1. The normalized spacial score (nSPS) is 15.6. The second-order valence-corrected chi connectivity index (χ2v) is 4.14. The van der Waals surface area contributed by atoms with Crippen LogP contribution in [0.15, 0.2) is 36.7 Å². The van der Waals surface area contributed by atoms with E-state index in [1.165, 1.54) is 16.5 Å². The Balaban J connectivity index is 0.00000108. The molecular formula is C13H15ClN3-. The predicted molar refractivity (Wildman–Crippen MR) is 66.8 cm³/mol. The molecular weight excluding hydrogens is 234 g/mol. The monoisotopic (exact) mass is 248 g/mol. The van der Waals surface area contributed by atoms with Crippen molar-refractivity contribution in [1.82, 2.24) is 10.3 Å². The number of aromatic nitrogens is 1. The standard InChI is InChI=1S/C13H15N3.ClH/c1-2-13(16-7-5-14-6-8-16)9-11-3-4-15-10-12(1)11;/h1-4,9-10,14H,5-8H2;1H/p-1. The zero-order valence-corrected chi connectivity index (χ0v) is 10.3. The van der Waals surface area contributed by atoms with Crippen molar-refractivity contribution in [1.29, 1.82) is 0 Å². The summed E-state index contributed by atoms with van der Waals surface area (Å²) in [6.07, 6.45) is 3.76. The minimum absolute atomic E-state index is 0. The highest BCUT2D eigenvalue weighted by Crippen LogP contribution is 2.21. The van der Waals surface area contributed by atoms with Crippen molar-refractivity contribution in [2.45, 2.75) is 0 Å². The summed E-state index contributed by atoms with van der Waals surface area (Å²) in [6, 6.07) is 8.67. The Morgan fingerprint density at radius 2 is 1.88 bits per heavy atom. The van der Waals surface area contributed by atoms with Crippen molar-refractivity contribution in [3.05, 3.63) is 36.7 Å². The topological polar surface area (TPSA) is 28.2 Å². The molecule has 0 atom stereocenters. The molecule has 0 aliphatic carbocycles. The van der Waals surface area contributed by atoms with Crippen molar-refractivity contribution in [2.24, 2.45) is 0 Å². The Morgan fingerprint density at radius 3 is 2.71 bits per heavy atom. The maximum atomic E-state index is 4.13. The third kappa shape index (κ3) is 2.51. The van der Waals surface area contributed by atoms with Crippen LogP contribution in [0.1, 0.15) is 0 Å². The second-order valence-electron chi connectivity index (χ2n) is 4.14. The average Bonchev–Trinajstić information content (AvgIpc) is 2.39. The molecule has 0 amide bonds. The first-order chi connectivity index (χ1) is 7.93. The number of nitrogens with zero attached hydrogens (tertiary/aromatic N) is 2. The molecule has 1 aromatic carbocycles. The molecule has 17 heavy (non-hydrogen) atoms. The van der Waals surface area contributed by atoms with Crippen LogP contribution in [0, 0.1) is 0 Å². The van der Waals surface area contributed by atoms with E-state index in [1.54, 1.807) is 0 Å². The van der Waals surface area contributed by atoms with Gasteiger partial charge < -0.3 is 22.6 Å². The van der Waals surface area contributed by atoms with Gasteiger partial charge in [-0.15, -0.1) is 0 Å². The lowest BCUT2D eigenvalue weighted by atomic mass is 10.1. The zero-order chi connectivity index (χ0) is 10.8. The van der Waals surface area contributed by atoms with Crippen molar-refractivity contribution < 1.29 is 12.4 Å². The van der Waals surface area contributed by atoms with Crippen molar-refractivity contribution in [3.8, 4) is 0 Å². The van der Waals surface area contributed by atoms with Crippen LogP contribution >= 0.6 is 0 Å². The summed E-state index contributed by atoms with van der Waals surface area (Å²) < 4.78 is 0. The van der Waals surface area contributed by atoms with Gasteiger partial charge in [0, 0.05) is 49.6 Å². The molecule has 0 radical (unpaired) electrons. The van der Waals surface area contributed by atoms with Crippen molar-refractivity contribution in [2.75, 3.05) is 31.1 Å². The first kappa shape index (κ1) is 12.1. The molecule has 2 aromatic rings. The summed E-state index contributed by atoms with van der Waals surface area (Å²) in [7, 11) is 0. The second kappa shape index (κ2) is 5.34. The predicted octanol–water partition coefficient (Wildman–Crippen LogP) is -1.35. The maximum Gasteiger partial charge on any atom is 0.0373 e. The average molecular weight is 249 g/mol. The number of anilines is 1. The molecule has 0 bridgehead atoms. The van der Waals surface area contributed by atoms with E-state index in [4.69, 9.17) is 0 Å². The molecule has 1 N–H and O–H groups in total. The molecule has 0 saturated carbocycles. The highest BCUT2D eigenvalue weighted by molar-refractivity contribution is 5.85. The molecule has 1 aromatic heterocycles. The molecule has 3 rings (SSSR count). The van der Waals surface area contributed by atoms with Crippen LogP contribution < -0.4 is 22.6 Å². The molecule has 1 aliphatic rings. The van der Waals surface area contributed by atoms with Crippen LogP contribution in [0.2, 0.25) is 0 Å². The van der Waals surface area contributed by atoms with E-state index >= 15 is 0 Å². The largest absolute Gasteiger partial charge is 1.00 e. The van der Waals surface area contributed by atoms with Gasteiger partial charge in [-0.25, -0.2) is 0 Å². The minimum atomic E-state index is 0. The third-order valence-electron chi connectivity index (χ3n) is 3.11. The molecule has 1 aliphatic heterocycles. The molecule has 3 nitrogen and oxygen atoms in total. The van der Waals surface area contributed by atoms with Crippen LogP contribution in [-0.4, -0.2) is 31.2 Å². The number of rotatable bonds is 1. The molecule has 1 fully saturated rings. The van der Waals surface area contributed by atoms with E-state index in [1.807, 2.05) is 12.4 Å². The Labute approximate surface area is 107 Å². The van der Waals surface area contributed by atoms with E-state index < -0.39 is 0 Å². The van der Waals surface area contributed by atoms with Crippen LogP contribution in [0.25, 0.3) is 10.8 Å². The van der Waals surface area contributed by atoms with Crippen LogP contribution in [0.3, 0.4) is 0 Å². The molecule has 1 saturated heterocycles. The number of piperazine rings is 1. The van der Waals surface area contributed by atoms with Crippen molar-refractivity contribution in [3.63, 3.8) is 0 Å². The van der Waals surface area contributed by atoms with Gasteiger partial charge in [0.25, 0.3) is 0 Å². The van der Waals surface area contributed by atoms with E-state index in [9.17, 15) is 0 Å². The fourth-order valence-electron chi connectivity index (χ4n) is 2.19. The van der Waals surface area contributed by atoms with Gasteiger partial charge in [0.15, 0.2) is 0 Å². The molecule has 0 spiro atoms. The summed E-state index contributed by atoms with van der Waals surface area (Å²) in [5, 5.41) is 5.85. The van der Waals surface area contributed by atoms with Gasteiger partial charge in [-0.05, 0) is 23.6 Å². The maximum absolute atomic E-state index is 4.13. The third-order valence-corrected chi connectivity index (χ3v) is 3.11. The fourth-order valence-corrected chi connectivity index (χ4v) is 2.19. The number of benzene rings is 1. The van der Waals surface area contributed by atoms with Crippen LogP contribution in [0.4, 0.5) is 5.69 Å². The summed E-state index contributed by atoms with van der Waals surface area (Å²) in [5.74, 6) is 0. The van der Waals surface area contributed by atoms with Gasteiger partial charge >= 0.3 is 0 Å². The van der Waals surface area contributed by atoms with E-state index in [0.29, 0.717) is 0 Å². The lowest BCUT2D eigenvalue weighted by Gasteiger charge is -2.29.